The van der Waals surface area contributed by atoms with E-state index in [1.165, 1.54) is 25.4 Å². The van der Waals surface area contributed by atoms with Crippen LogP contribution in [0.4, 0.5) is 20.7 Å². The molecule has 4 aromatic rings. The molecular formula is C43H52ClFN8O5. The van der Waals surface area contributed by atoms with Crippen molar-refractivity contribution in [3.8, 4) is 22.4 Å². The molecule has 2 fully saturated rings. The van der Waals surface area contributed by atoms with Crippen LogP contribution in [0.1, 0.15) is 77.1 Å². The number of halogens is 2. The number of carbonyl (C=O) groups excluding carboxylic acids is 4. The minimum atomic E-state index is -0.741. The van der Waals surface area contributed by atoms with Crippen LogP contribution < -0.4 is 15.5 Å². The van der Waals surface area contributed by atoms with Gasteiger partial charge in [-0.15, -0.1) is 0 Å². The summed E-state index contributed by atoms with van der Waals surface area (Å²) < 4.78 is 20.3. The fraction of sp³-hybridized carbons (Fsp3) is 0.442. The number of nitrogens with one attached hydrogen (secondary N) is 3. The van der Waals surface area contributed by atoms with Gasteiger partial charge >= 0.3 is 6.09 Å². The van der Waals surface area contributed by atoms with Gasteiger partial charge in [-0.1, -0.05) is 77.4 Å². The highest BCUT2D eigenvalue weighted by atomic mass is 35.5. The SMILES string of the molecule is COC(=O)NC(C(=O)N1CC(C)CC1c1ncc(-c2ccc(-c3cc(F)c(NC(=O)c4ccc(N5CCN(C(=O)C(C)(C)C)CC5C)nc4)cc3Cl)cc2)[nH]1)C(C)C. The van der Waals surface area contributed by atoms with Crippen LogP contribution >= 0.6 is 11.6 Å². The maximum atomic E-state index is 15.5. The third-order valence-corrected chi connectivity index (χ3v) is 11.1. The van der Waals surface area contributed by atoms with Crippen LogP contribution in [0.25, 0.3) is 22.4 Å². The number of imidazole rings is 1. The van der Waals surface area contributed by atoms with E-state index in [1.807, 2.05) is 70.7 Å². The zero-order chi connectivity index (χ0) is 42.1. The van der Waals surface area contributed by atoms with Crippen molar-refractivity contribution < 1.29 is 28.3 Å². The van der Waals surface area contributed by atoms with Crippen molar-refractivity contribution in [3.05, 3.63) is 83.2 Å². The van der Waals surface area contributed by atoms with E-state index in [0.29, 0.717) is 55.4 Å². The second-order valence-electron chi connectivity index (χ2n) is 16.7. The number of aromatic amines is 1. The quantitative estimate of drug-likeness (QED) is 0.157. The molecule has 4 heterocycles. The summed E-state index contributed by atoms with van der Waals surface area (Å²) in [6.45, 7) is 15.9. The van der Waals surface area contributed by atoms with Crippen LogP contribution in [0.3, 0.4) is 0 Å². The predicted molar refractivity (Wildman–Crippen MR) is 222 cm³/mol. The third kappa shape index (κ3) is 9.12. The molecule has 308 valence electrons. The highest BCUT2D eigenvalue weighted by Gasteiger charge is 2.40. The molecule has 2 aromatic carbocycles. The molecule has 4 unspecified atom stereocenters. The number of ether oxygens (including phenoxy) is 1. The van der Waals surface area contributed by atoms with Gasteiger partial charge in [0.2, 0.25) is 11.8 Å². The molecule has 2 aliphatic heterocycles. The molecule has 2 saturated heterocycles. The lowest BCUT2D eigenvalue weighted by atomic mass is 9.94. The number of rotatable bonds is 9. The number of hydrogen-bond donors (Lipinski definition) is 3. The topological polar surface area (TPSA) is 153 Å². The molecule has 15 heteroatoms. The van der Waals surface area contributed by atoms with Crippen LogP contribution in [0.5, 0.6) is 0 Å². The minimum Gasteiger partial charge on any atom is -0.453 e. The number of piperazine rings is 1. The lowest BCUT2D eigenvalue weighted by Crippen LogP contribution is -2.56. The van der Waals surface area contributed by atoms with Crippen LogP contribution in [0, 0.1) is 23.1 Å². The minimum absolute atomic E-state index is 0.0370. The first-order valence-corrected chi connectivity index (χ1v) is 20.0. The van der Waals surface area contributed by atoms with Gasteiger partial charge in [-0.2, -0.15) is 0 Å². The first-order valence-electron chi connectivity index (χ1n) is 19.6. The molecule has 3 N–H and O–H groups in total. The molecule has 0 radical (unpaired) electrons. The number of methoxy groups -OCH3 is 1. The van der Waals surface area contributed by atoms with Crippen LogP contribution in [0.15, 0.2) is 60.9 Å². The normalized spacial score (nSPS) is 18.9. The van der Waals surface area contributed by atoms with Crippen molar-refractivity contribution in [2.24, 2.45) is 17.3 Å². The molecule has 2 aliphatic rings. The number of anilines is 2. The summed E-state index contributed by atoms with van der Waals surface area (Å²) >= 11 is 6.66. The van der Waals surface area contributed by atoms with E-state index in [-0.39, 0.29) is 52.0 Å². The molecule has 13 nitrogen and oxygen atoms in total. The summed E-state index contributed by atoms with van der Waals surface area (Å²) in [5.41, 5.74) is 2.43. The van der Waals surface area contributed by atoms with Crippen molar-refractivity contribution in [2.75, 3.05) is 43.5 Å². The fourth-order valence-electron chi connectivity index (χ4n) is 7.61. The number of likely N-dealkylation sites (tertiary alicyclic amines) is 1. The van der Waals surface area contributed by atoms with Gasteiger partial charge in [0.25, 0.3) is 5.91 Å². The van der Waals surface area contributed by atoms with Crippen molar-refractivity contribution in [1.82, 2.24) is 30.1 Å². The largest absolute Gasteiger partial charge is 0.453 e. The zero-order valence-corrected chi connectivity index (χ0v) is 35.0. The molecule has 0 spiro atoms. The van der Waals surface area contributed by atoms with Crippen molar-refractivity contribution in [2.45, 2.75) is 73.0 Å². The molecule has 4 amide bonds. The van der Waals surface area contributed by atoms with Crippen LogP contribution in [-0.4, -0.2) is 93.9 Å². The molecule has 2 aromatic heterocycles. The van der Waals surface area contributed by atoms with Gasteiger partial charge in [0.15, 0.2) is 0 Å². The first-order chi connectivity index (χ1) is 27.4. The third-order valence-electron chi connectivity index (χ3n) is 10.8. The van der Waals surface area contributed by atoms with Gasteiger partial charge in [0.05, 0.1) is 41.3 Å². The average Bonchev–Trinajstić information content (AvgIpc) is 3.84. The van der Waals surface area contributed by atoms with E-state index in [2.05, 4.69) is 37.4 Å². The van der Waals surface area contributed by atoms with E-state index < -0.39 is 29.3 Å². The van der Waals surface area contributed by atoms with Crippen molar-refractivity contribution in [3.63, 3.8) is 0 Å². The summed E-state index contributed by atoms with van der Waals surface area (Å²) in [5.74, 6) is 0.162. The number of nitrogens with zero attached hydrogens (tertiary/aromatic N) is 5. The Morgan fingerprint density at radius 3 is 2.29 bits per heavy atom. The Labute approximate surface area is 343 Å². The van der Waals surface area contributed by atoms with E-state index in [4.69, 9.17) is 16.3 Å². The van der Waals surface area contributed by atoms with Gasteiger partial charge in [-0.25, -0.2) is 19.2 Å². The molecule has 0 saturated carbocycles. The molecule has 6 rings (SSSR count). The lowest BCUT2D eigenvalue weighted by Gasteiger charge is -2.42. The maximum Gasteiger partial charge on any atom is 0.407 e. The number of H-pyrrole nitrogens is 1. The Morgan fingerprint density at radius 2 is 1.67 bits per heavy atom. The second kappa shape index (κ2) is 17.2. The highest BCUT2D eigenvalue weighted by Crippen LogP contribution is 2.37. The van der Waals surface area contributed by atoms with E-state index >= 15 is 4.39 Å². The Bertz CT molecular complexity index is 2150. The highest BCUT2D eigenvalue weighted by molar-refractivity contribution is 6.33. The van der Waals surface area contributed by atoms with Crippen LogP contribution in [0.2, 0.25) is 5.02 Å². The van der Waals surface area contributed by atoms with Gasteiger partial charge in [0.1, 0.15) is 23.5 Å². The average molecular weight is 815 g/mol. The standard InChI is InChI=1S/C43H52ClFN8O5/c1-24(2)37(50-42(57)58-8)40(55)53-22-25(3)17-35(53)38-47-21-34(48-38)28-11-9-27(10-12-28)30-18-32(45)33(19-31(30)44)49-39(54)29-13-14-36(46-20-29)52-16-15-51(23-26(52)4)41(56)43(5,6)7/h9-14,18-21,24-26,35,37H,15-17,22-23H2,1-8H3,(H,47,48)(H,49,54)(H,50,57). The summed E-state index contributed by atoms with van der Waals surface area (Å²) in [7, 11) is 1.27. The van der Waals surface area contributed by atoms with Gasteiger partial charge in [-0.3, -0.25) is 14.4 Å². The second-order valence-corrected chi connectivity index (χ2v) is 17.1. The molecular weight excluding hydrogens is 763 g/mol. The number of carbonyl (C=O) groups is 4. The Morgan fingerprint density at radius 1 is 0.966 bits per heavy atom. The summed E-state index contributed by atoms with van der Waals surface area (Å²) in [5, 5.41) is 5.55. The summed E-state index contributed by atoms with van der Waals surface area (Å²) in [6.07, 6.45) is 3.23. The summed E-state index contributed by atoms with van der Waals surface area (Å²) in [6, 6.07) is 12.5. The smallest absolute Gasteiger partial charge is 0.407 e. The number of hydrogen-bond acceptors (Lipinski definition) is 8. The number of benzene rings is 2. The molecule has 0 aliphatic carbocycles. The Balaban J connectivity index is 1.10. The molecule has 58 heavy (non-hydrogen) atoms. The van der Waals surface area contributed by atoms with Crippen molar-refractivity contribution >= 4 is 46.9 Å². The van der Waals surface area contributed by atoms with E-state index in [0.717, 1.165) is 11.3 Å². The van der Waals surface area contributed by atoms with Crippen molar-refractivity contribution in [1.29, 1.82) is 0 Å². The number of aromatic nitrogens is 3. The summed E-state index contributed by atoms with van der Waals surface area (Å²) in [4.78, 5) is 69.9. The van der Waals surface area contributed by atoms with Crippen LogP contribution in [-0.2, 0) is 14.3 Å². The maximum absolute atomic E-state index is 15.5. The molecule has 0 bridgehead atoms. The Kier molecular flexibility index (Phi) is 12.5. The number of pyridine rings is 1. The monoisotopic (exact) mass is 814 g/mol. The number of amides is 4. The zero-order valence-electron chi connectivity index (χ0n) is 34.2. The van der Waals surface area contributed by atoms with Gasteiger partial charge < -0.3 is 35.1 Å². The van der Waals surface area contributed by atoms with E-state index in [9.17, 15) is 19.2 Å². The van der Waals surface area contributed by atoms with Gasteiger partial charge in [-0.05, 0) is 60.6 Å². The Hall–Kier alpha value is -5.50. The number of alkyl carbamates (subject to hydrolysis) is 1. The van der Waals surface area contributed by atoms with E-state index in [1.54, 1.807) is 23.2 Å². The van der Waals surface area contributed by atoms with Gasteiger partial charge in [0, 0.05) is 49.4 Å². The predicted octanol–water partition coefficient (Wildman–Crippen LogP) is 7.56. The fourth-order valence-corrected chi connectivity index (χ4v) is 7.89. The first kappa shape index (κ1) is 42.1. The lowest BCUT2D eigenvalue weighted by molar-refractivity contribution is -0.140. The molecule has 4 atom stereocenters.